The van der Waals surface area contributed by atoms with E-state index in [1.165, 1.54) is 0 Å². The zero-order valence-corrected chi connectivity index (χ0v) is 14.4. The number of ether oxygens (including phenoxy) is 1. The lowest BCUT2D eigenvalue weighted by molar-refractivity contribution is 0.0858. The van der Waals surface area contributed by atoms with Crippen LogP contribution in [0.15, 0.2) is 34.9 Å². The number of hydrogen-bond acceptors (Lipinski definition) is 5. The van der Waals surface area contributed by atoms with Crippen LogP contribution in [0.4, 0.5) is 5.69 Å². The summed E-state index contributed by atoms with van der Waals surface area (Å²) >= 11 is 0. The van der Waals surface area contributed by atoms with E-state index in [9.17, 15) is 9.59 Å². The molecular formula is C19H21N3O4. The van der Waals surface area contributed by atoms with Gasteiger partial charge in [0.25, 0.3) is 11.8 Å². The van der Waals surface area contributed by atoms with Crippen LogP contribution in [0.25, 0.3) is 0 Å². The van der Waals surface area contributed by atoms with E-state index in [4.69, 9.17) is 9.26 Å². The maximum atomic E-state index is 12.5. The van der Waals surface area contributed by atoms with Crippen LogP contribution in [0.1, 0.15) is 58.2 Å². The van der Waals surface area contributed by atoms with Crippen molar-refractivity contribution in [1.29, 1.82) is 0 Å². The summed E-state index contributed by atoms with van der Waals surface area (Å²) in [7, 11) is 0. The Labute approximate surface area is 151 Å². The van der Waals surface area contributed by atoms with Gasteiger partial charge in [0.15, 0.2) is 5.69 Å². The molecule has 1 aromatic carbocycles. The van der Waals surface area contributed by atoms with Gasteiger partial charge in [-0.3, -0.25) is 9.59 Å². The Balaban J connectivity index is 1.42. The van der Waals surface area contributed by atoms with Crippen LogP contribution in [-0.4, -0.2) is 36.2 Å². The zero-order valence-electron chi connectivity index (χ0n) is 14.4. The molecule has 2 N–H and O–H groups in total. The van der Waals surface area contributed by atoms with Crippen molar-refractivity contribution in [3.8, 4) is 0 Å². The van der Waals surface area contributed by atoms with E-state index in [-0.39, 0.29) is 23.6 Å². The number of aromatic nitrogens is 1. The second kappa shape index (κ2) is 7.29. The number of para-hydroxylation sites is 1. The van der Waals surface area contributed by atoms with E-state index < -0.39 is 0 Å². The second-order valence-corrected chi connectivity index (χ2v) is 6.73. The van der Waals surface area contributed by atoms with Gasteiger partial charge in [-0.25, -0.2) is 0 Å². The van der Waals surface area contributed by atoms with Gasteiger partial charge in [0, 0.05) is 25.1 Å². The molecule has 2 aromatic rings. The van der Waals surface area contributed by atoms with Gasteiger partial charge in [-0.1, -0.05) is 17.3 Å². The highest BCUT2D eigenvalue weighted by atomic mass is 16.5. The van der Waals surface area contributed by atoms with Crippen molar-refractivity contribution in [3.63, 3.8) is 0 Å². The summed E-state index contributed by atoms with van der Waals surface area (Å²) in [5, 5.41) is 9.46. The van der Waals surface area contributed by atoms with Crippen LogP contribution < -0.4 is 10.6 Å². The lowest BCUT2D eigenvalue weighted by Crippen LogP contribution is -2.32. The first kappa shape index (κ1) is 16.8. The monoisotopic (exact) mass is 355 g/mol. The van der Waals surface area contributed by atoms with Gasteiger partial charge in [-0.05, 0) is 37.8 Å². The fourth-order valence-electron chi connectivity index (χ4n) is 3.04. The largest absolute Gasteiger partial charge is 0.376 e. The number of amides is 2. The highest BCUT2D eigenvalue weighted by Crippen LogP contribution is 2.40. The fraction of sp³-hybridized carbons (Fsp3) is 0.421. The predicted molar refractivity (Wildman–Crippen MR) is 94.2 cm³/mol. The van der Waals surface area contributed by atoms with Crippen molar-refractivity contribution in [2.45, 2.75) is 37.7 Å². The van der Waals surface area contributed by atoms with E-state index >= 15 is 0 Å². The molecule has 1 atom stereocenters. The van der Waals surface area contributed by atoms with Crippen LogP contribution in [0.2, 0.25) is 0 Å². The Hall–Kier alpha value is -2.67. The zero-order chi connectivity index (χ0) is 17.9. The van der Waals surface area contributed by atoms with Crippen molar-refractivity contribution >= 4 is 17.5 Å². The number of rotatable bonds is 6. The van der Waals surface area contributed by atoms with Crippen molar-refractivity contribution in [2.24, 2.45) is 0 Å². The van der Waals surface area contributed by atoms with Crippen LogP contribution in [-0.2, 0) is 4.74 Å². The van der Waals surface area contributed by atoms with E-state index in [2.05, 4.69) is 15.8 Å². The molecule has 4 rings (SSSR count). The molecule has 2 fully saturated rings. The summed E-state index contributed by atoms with van der Waals surface area (Å²) in [5.41, 5.74) is 1.07. The molecule has 2 heterocycles. The lowest BCUT2D eigenvalue weighted by atomic mass is 10.1. The summed E-state index contributed by atoms with van der Waals surface area (Å²) < 4.78 is 10.7. The standard InChI is InChI=1S/C19H21N3O4/c23-18(20-11-13-4-3-9-25-13)14-5-1-2-6-15(14)21-19(24)16-10-17(26-22-16)12-7-8-12/h1-2,5-6,10,12-13H,3-4,7-9,11H2,(H,20,23)(H,21,24)/t13-/m1/s1. The van der Waals surface area contributed by atoms with E-state index in [0.29, 0.717) is 23.7 Å². The lowest BCUT2D eigenvalue weighted by Gasteiger charge is -2.13. The Bertz CT molecular complexity index is 807. The number of benzene rings is 1. The maximum Gasteiger partial charge on any atom is 0.277 e. The van der Waals surface area contributed by atoms with E-state index in [1.807, 2.05) is 0 Å². The summed E-state index contributed by atoms with van der Waals surface area (Å²) in [6.07, 6.45) is 4.19. The van der Waals surface area contributed by atoms with Crippen molar-refractivity contribution in [1.82, 2.24) is 10.5 Å². The first-order chi connectivity index (χ1) is 12.7. The Morgan fingerprint density at radius 2 is 2.00 bits per heavy atom. The molecule has 0 bridgehead atoms. The van der Waals surface area contributed by atoms with Gasteiger partial charge < -0.3 is 19.9 Å². The van der Waals surface area contributed by atoms with Gasteiger partial charge >= 0.3 is 0 Å². The Kier molecular flexibility index (Phi) is 4.71. The van der Waals surface area contributed by atoms with E-state index in [0.717, 1.165) is 38.1 Å². The normalized spacial score (nSPS) is 19.3. The molecule has 0 unspecified atom stereocenters. The molecule has 136 valence electrons. The Morgan fingerprint density at radius 3 is 2.77 bits per heavy atom. The first-order valence-corrected chi connectivity index (χ1v) is 8.97. The number of carbonyl (C=O) groups is 2. The SMILES string of the molecule is O=C(Nc1ccccc1C(=O)NC[C@H]1CCCO1)c1cc(C2CC2)on1. The van der Waals surface area contributed by atoms with Gasteiger partial charge in [-0.2, -0.15) is 0 Å². The highest BCUT2D eigenvalue weighted by molar-refractivity contribution is 6.08. The molecule has 1 aromatic heterocycles. The third-order valence-corrected chi connectivity index (χ3v) is 4.67. The van der Waals surface area contributed by atoms with E-state index in [1.54, 1.807) is 30.3 Å². The number of hydrogen-bond donors (Lipinski definition) is 2. The van der Waals surface area contributed by atoms with Gasteiger partial charge in [0.05, 0.1) is 17.4 Å². The molecule has 0 spiro atoms. The molecule has 1 aliphatic heterocycles. The van der Waals surface area contributed by atoms with Gasteiger partial charge in [0.1, 0.15) is 5.76 Å². The van der Waals surface area contributed by atoms with Crippen molar-refractivity contribution in [3.05, 3.63) is 47.3 Å². The smallest absolute Gasteiger partial charge is 0.277 e. The molecule has 1 saturated heterocycles. The minimum atomic E-state index is -0.389. The topological polar surface area (TPSA) is 93.5 Å². The summed E-state index contributed by atoms with van der Waals surface area (Å²) in [5.74, 6) is 0.507. The van der Waals surface area contributed by atoms with Crippen LogP contribution >= 0.6 is 0 Å². The predicted octanol–water partition coefficient (Wildman–Crippen LogP) is 2.71. The van der Waals surface area contributed by atoms with Crippen molar-refractivity contribution < 1.29 is 18.8 Å². The molecule has 1 aliphatic carbocycles. The first-order valence-electron chi connectivity index (χ1n) is 8.97. The quantitative estimate of drug-likeness (QED) is 0.831. The number of carbonyl (C=O) groups excluding carboxylic acids is 2. The average Bonchev–Trinajstić information content (AvgIpc) is 3.17. The van der Waals surface area contributed by atoms with Crippen LogP contribution in [0.5, 0.6) is 0 Å². The molecule has 7 nitrogen and oxygen atoms in total. The van der Waals surface area contributed by atoms with Gasteiger partial charge in [0.2, 0.25) is 0 Å². The van der Waals surface area contributed by atoms with Crippen molar-refractivity contribution in [2.75, 3.05) is 18.5 Å². The molecular weight excluding hydrogens is 334 g/mol. The minimum Gasteiger partial charge on any atom is -0.376 e. The summed E-state index contributed by atoms with van der Waals surface area (Å²) in [6.45, 7) is 1.21. The number of nitrogens with zero attached hydrogens (tertiary/aromatic N) is 1. The van der Waals surface area contributed by atoms with Crippen LogP contribution in [0, 0.1) is 0 Å². The molecule has 0 radical (unpaired) electrons. The maximum absolute atomic E-state index is 12.5. The Morgan fingerprint density at radius 1 is 1.15 bits per heavy atom. The third-order valence-electron chi connectivity index (χ3n) is 4.67. The molecule has 2 amide bonds. The number of nitrogens with one attached hydrogen (secondary N) is 2. The fourth-order valence-corrected chi connectivity index (χ4v) is 3.04. The molecule has 2 aliphatic rings. The summed E-state index contributed by atoms with van der Waals surface area (Å²) in [4.78, 5) is 24.9. The summed E-state index contributed by atoms with van der Waals surface area (Å²) in [6, 6.07) is 8.58. The molecule has 1 saturated carbocycles. The second-order valence-electron chi connectivity index (χ2n) is 6.73. The minimum absolute atomic E-state index is 0.0664. The van der Waals surface area contributed by atoms with Crippen LogP contribution in [0.3, 0.4) is 0 Å². The third kappa shape index (κ3) is 3.77. The molecule has 26 heavy (non-hydrogen) atoms. The number of anilines is 1. The molecule has 7 heteroatoms. The van der Waals surface area contributed by atoms with Gasteiger partial charge in [-0.15, -0.1) is 0 Å². The average molecular weight is 355 g/mol. The highest BCUT2D eigenvalue weighted by Gasteiger charge is 2.29.